The highest BCUT2D eigenvalue weighted by Gasteiger charge is 2.42. The maximum Gasteiger partial charge on any atom is 0.124 e. The Morgan fingerprint density at radius 3 is 2.70 bits per heavy atom. The molecule has 2 nitrogen and oxygen atoms in total. The standard InChI is InChI=1S/C16H23ClFNO/c1-16(2)7-3-4-13(16)15(20)12(9-19)11-6-5-10(18)8-14(11)17/h5-6,8,12-13,15,20H,3-4,7,9,19H2,1-2H3. The smallest absolute Gasteiger partial charge is 0.124 e. The van der Waals surface area contributed by atoms with Gasteiger partial charge >= 0.3 is 0 Å². The van der Waals surface area contributed by atoms with Crippen LogP contribution in [0, 0.1) is 17.2 Å². The zero-order chi connectivity index (χ0) is 14.9. The molecule has 0 bridgehead atoms. The SMILES string of the molecule is CC1(C)CCCC1C(O)C(CN)c1ccc(F)cc1Cl. The summed E-state index contributed by atoms with van der Waals surface area (Å²) < 4.78 is 13.2. The first-order valence-electron chi connectivity index (χ1n) is 7.20. The number of benzene rings is 1. The maximum absolute atomic E-state index is 13.2. The van der Waals surface area contributed by atoms with Gasteiger partial charge in [-0.05, 0) is 41.9 Å². The van der Waals surface area contributed by atoms with Crippen LogP contribution in [0.4, 0.5) is 4.39 Å². The number of hydrogen-bond acceptors (Lipinski definition) is 2. The lowest BCUT2D eigenvalue weighted by atomic mass is 9.73. The molecule has 20 heavy (non-hydrogen) atoms. The average Bonchev–Trinajstić information content (AvgIpc) is 2.72. The summed E-state index contributed by atoms with van der Waals surface area (Å²) in [5.41, 5.74) is 6.71. The Kier molecular flexibility index (Phi) is 4.73. The van der Waals surface area contributed by atoms with Crippen molar-refractivity contribution < 1.29 is 9.50 Å². The summed E-state index contributed by atoms with van der Waals surface area (Å²) in [5, 5.41) is 11.1. The number of rotatable bonds is 4. The maximum atomic E-state index is 13.2. The Balaban J connectivity index is 2.27. The number of halogens is 2. The van der Waals surface area contributed by atoms with Crippen LogP contribution in [0.25, 0.3) is 0 Å². The zero-order valence-electron chi connectivity index (χ0n) is 12.1. The van der Waals surface area contributed by atoms with Gasteiger partial charge in [-0.25, -0.2) is 4.39 Å². The van der Waals surface area contributed by atoms with E-state index in [-0.39, 0.29) is 23.1 Å². The Morgan fingerprint density at radius 2 is 2.20 bits per heavy atom. The van der Waals surface area contributed by atoms with Crippen molar-refractivity contribution in [2.45, 2.75) is 45.1 Å². The Bertz CT molecular complexity index is 478. The van der Waals surface area contributed by atoms with Crippen molar-refractivity contribution in [2.75, 3.05) is 6.54 Å². The molecule has 3 unspecified atom stereocenters. The van der Waals surface area contributed by atoms with Gasteiger partial charge < -0.3 is 10.8 Å². The molecule has 0 aliphatic heterocycles. The van der Waals surface area contributed by atoms with Crippen molar-refractivity contribution in [3.8, 4) is 0 Å². The van der Waals surface area contributed by atoms with Crippen LogP contribution in [-0.4, -0.2) is 17.8 Å². The lowest BCUT2D eigenvalue weighted by Gasteiger charge is -2.35. The summed E-state index contributed by atoms with van der Waals surface area (Å²) in [6.45, 7) is 4.68. The van der Waals surface area contributed by atoms with E-state index in [1.165, 1.54) is 12.1 Å². The first-order valence-corrected chi connectivity index (χ1v) is 7.57. The zero-order valence-corrected chi connectivity index (χ0v) is 12.8. The molecule has 1 aromatic rings. The van der Waals surface area contributed by atoms with E-state index >= 15 is 0 Å². The first-order chi connectivity index (χ1) is 9.36. The van der Waals surface area contributed by atoms with Crippen molar-refractivity contribution in [1.29, 1.82) is 0 Å². The highest BCUT2D eigenvalue weighted by molar-refractivity contribution is 6.31. The molecule has 112 valence electrons. The number of aliphatic hydroxyl groups excluding tert-OH is 1. The molecule has 3 atom stereocenters. The molecule has 3 N–H and O–H groups in total. The van der Waals surface area contributed by atoms with Crippen molar-refractivity contribution >= 4 is 11.6 Å². The van der Waals surface area contributed by atoms with E-state index in [0.29, 0.717) is 11.6 Å². The van der Waals surface area contributed by atoms with E-state index in [2.05, 4.69) is 13.8 Å². The topological polar surface area (TPSA) is 46.2 Å². The molecule has 0 saturated heterocycles. The van der Waals surface area contributed by atoms with E-state index in [9.17, 15) is 9.50 Å². The van der Waals surface area contributed by atoms with E-state index in [1.54, 1.807) is 6.07 Å². The molecular weight excluding hydrogens is 277 g/mol. The molecule has 0 spiro atoms. The number of hydrogen-bond donors (Lipinski definition) is 2. The van der Waals surface area contributed by atoms with Gasteiger partial charge in [-0.3, -0.25) is 0 Å². The van der Waals surface area contributed by atoms with Gasteiger partial charge in [0.2, 0.25) is 0 Å². The minimum Gasteiger partial charge on any atom is -0.392 e. The van der Waals surface area contributed by atoms with Crippen LogP contribution >= 0.6 is 11.6 Å². The van der Waals surface area contributed by atoms with Crippen LogP contribution in [0.1, 0.15) is 44.6 Å². The third-order valence-corrected chi connectivity index (χ3v) is 5.11. The summed E-state index contributed by atoms with van der Waals surface area (Å²) >= 11 is 6.12. The van der Waals surface area contributed by atoms with Gasteiger partial charge in [0.1, 0.15) is 5.82 Å². The fraction of sp³-hybridized carbons (Fsp3) is 0.625. The molecule has 0 radical (unpaired) electrons. The molecular formula is C16H23ClFNO. The van der Waals surface area contributed by atoms with E-state index in [4.69, 9.17) is 17.3 Å². The second-order valence-electron chi connectivity index (χ2n) is 6.49. The van der Waals surface area contributed by atoms with Gasteiger partial charge in [-0.15, -0.1) is 0 Å². The van der Waals surface area contributed by atoms with E-state index in [1.807, 2.05) is 0 Å². The van der Waals surface area contributed by atoms with Gasteiger partial charge in [0.05, 0.1) is 6.10 Å². The van der Waals surface area contributed by atoms with Gasteiger partial charge in [-0.1, -0.05) is 37.9 Å². The number of nitrogens with two attached hydrogens (primary N) is 1. The van der Waals surface area contributed by atoms with Crippen molar-refractivity contribution in [1.82, 2.24) is 0 Å². The van der Waals surface area contributed by atoms with Crippen molar-refractivity contribution in [2.24, 2.45) is 17.1 Å². The molecule has 2 rings (SSSR count). The number of aliphatic hydroxyl groups is 1. The molecule has 1 saturated carbocycles. The second-order valence-corrected chi connectivity index (χ2v) is 6.89. The lowest BCUT2D eigenvalue weighted by Crippen LogP contribution is -2.37. The second kappa shape index (κ2) is 6.00. The molecule has 0 heterocycles. The highest BCUT2D eigenvalue weighted by Crippen LogP contribution is 2.47. The molecule has 0 amide bonds. The summed E-state index contributed by atoms with van der Waals surface area (Å²) in [7, 11) is 0. The van der Waals surface area contributed by atoms with Gasteiger partial charge in [0.25, 0.3) is 0 Å². The molecule has 1 aliphatic carbocycles. The average molecular weight is 300 g/mol. The van der Waals surface area contributed by atoms with Crippen LogP contribution in [0.3, 0.4) is 0 Å². The summed E-state index contributed by atoms with van der Waals surface area (Å²) in [5.74, 6) is -0.409. The van der Waals surface area contributed by atoms with Gasteiger partial charge in [0.15, 0.2) is 0 Å². The fourth-order valence-electron chi connectivity index (χ4n) is 3.52. The van der Waals surface area contributed by atoms with Crippen LogP contribution in [0.15, 0.2) is 18.2 Å². The molecule has 1 aliphatic rings. The summed E-state index contributed by atoms with van der Waals surface area (Å²) in [4.78, 5) is 0. The van der Waals surface area contributed by atoms with E-state index in [0.717, 1.165) is 24.8 Å². The molecule has 1 fully saturated rings. The Labute approximate surface area is 125 Å². The summed E-state index contributed by atoms with van der Waals surface area (Å²) in [6, 6.07) is 4.29. The predicted molar refractivity (Wildman–Crippen MR) is 80.3 cm³/mol. The third-order valence-electron chi connectivity index (χ3n) is 4.78. The van der Waals surface area contributed by atoms with Crippen LogP contribution in [0.5, 0.6) is 0 Å². The molecule has 4 heteroatoms. The monoisotopic (exact) mass is 299 g/mol. The van der Waals surface area contributed by atoms with Crippen LogP contribution < -0.4 is 5.73 Å². The minimum absolute atomic E-state index is 0.110. The first kappa shape index (κ1) is 15.7. The van der Waals surface area contributed by atoms with Crippen LogP contribution in [0.2, 0.25) is 5.02 Å². The van der Waals surface area contributed by atoms with Gasteiger partial charge in [0, 0.05) is 17.5 Å². The molecule has 0 aromatic heterocycles. The summed E-state index contributed by atoms with van der Waals surface area (Å²) in [6.07, 6.45) is 2.70. The minimum atomic E-state index is -0.541. The predicted octanol–water partition coefficient (Wildman–Crippen LogP) is 3.71. The largest absolute Gasteiger partial charge is 0.392 e. The fourth-order valence-corrected chi connectivity index (χ4v) is 3.83. The normalized spacial score (nSPS) is 24.6. The Hall–Kier alpha value is -0.640. The third kappa shape index (κ3) is 3.00. The van der Waals surface area contributed by atoms with Gasteiger partial charge in [-0.2, -0.15) is 0 Å². The van der Waals surface area contributed by atoms with Crippen molar-refractivity contribution in [3.05, 3.63) is 34.6 Å². The highest BCUT2D eigenvalue weighted by atomic mass is 35.5. The van der Waals surface area contributed by atoms with Crippen LogP contribution in [-0.2, 0) is 0 Å². The Morgan fingerprint density at radius 1 is 1.50 bits per heavy atom. The quantitative estimate of drug-likeness (QED) is 0.890. The van der Waals surface area contributed by atoms with E-state index < -0.39 is 6.10 Å². The van der Waals surface area contributed by atoms with Crippen molar-refractivity contribution in [3.63, 3.8) is 0 Å². The lowest BCUT2D eigenvalue weighted by molar-refractivity contribution is 0.0346. The molecule has 1 aromatic carbocycles.